The molecule has 8 aromatic carbocycles. The van der Waals surface area contributed by atoms with Gasteiger partial charge in [-0.25, -0.2) is 15.0 Å². The molecule has 0 aliphatic rings. The lowest BCUT2D eigenvalue weighted by Crippen LogP contribution is -2.01. The summed E-state index contributed by atoms with van der Waals surface area (Å²) < 4.78 is 15.2. The number of nitrogens with zero attached hydrogens (tertiary/aromatic N) is 4. The van der Waals surface area contributed by atoms with Gasteiger partial charge in [0.05, 0.1) is 16.6 Å². The fraction of sp³-hybridized carbons (Fsp3) is 0. The maximum atomic E-state index is 6.71. The Hall–Kier alpha value is -7.57. The van der Waals surface area contributed by atoms with Crippen molar-refractivity contribution >= 4 is 76.5 Å². The van der Waals surface area contributed by atoms with E-state index in [0.717, 1.165) is 77.3 Å². The lowest BCUT2D eigenvalue weighted by atomic mass is 10.1. The van der Waals surface area contributed by atoms with Gasteiger partial charge in [0.2, 0.25) is 0 Å². The van der Waals surface area contributed by atoms with E-state index in [1.807, 2.05) is 72.8 Å². The Morgan fingerprint density at radius 2 is 0.982 bits per heavy atom. The summed E-state index contributed by atoms with van der Waals surface area (Å²) in [5.41, 5.74) is 8.97. The van der Waals surface area contributed by atoms with Gasteiger partial charge in [-0.1, -0.05) is 109 Å². The molecule has 0 saturated heterocycles. The van der Waals surface area contributed by atoms with Gasteiger partial charge in [0, 0.05) is 49.1 Å². The standard InChI is InChI=1S/C49H28N4O2/c1-2-12-29(13-3-1)47-50-48(32-22-23-45-38(25-32)35-17-7-10-20-43(35)54-45)52-49(51-47)40-28-33(27-39-36-18-8-11-21-44(36)55-46(39)40)53-41-19-9-6-16-34(41)37-24-30-14-4-5-15-31(30)26-42(37)53/h1-28H. The molecule has 0 unspecified atom stereocenters. The molecule has 6 heteroatoms. The predicted octanol–water partition coefficient (Wildman–Crippen LogP) is 12.9. The van der Waals surface area contributed by atoms with Crippen LogP contribution in [0, 0.1) is 0 Å². The first-order valence-electron chi connectivity index (χ1n) is 18.3. The normalized spacial score (nSPS) is 12.0. The third-order valence-corrected chi connectivity index (χ3v) is 10.8. The van der Waals surface area contributed by atoms with E-state index in [0.29, 0.717) is 17.5 Å². The predicted molar refractivity (Wildman–Crippen MR) is 223 cm³/mol. The van der Waals surface area contributed by atoms with Crippen molar-refractivity contribution in [1.82, 2.24) is 19.5 Å². The van der Waals surface area contributed by atoms with Crippen LogP contribution in [0.4, 0.5) is 0 Å². The SMILES string of the molecule is c1ccc(-c2nc(-c3ccc4oc5ccccc5c4c3)nc(-c3cc(-n4c5ccccc5c5cc6ccccc6cc54)cc4c3oc3ccccc34)n2)cc1. The number of hydrogen-bond donors (Lipinski definition) is 0. The van der Waals surface area contributed by atoms with Crippen LogP contribution in [-0.2, 0) is 0 Å². The second-order valence-corrected chi connectivity index (χ2v) is 14.0. The van der Waals surface area contributed by atoms with Crippen molar-refractivity contribution in [2.45, 2.75) is 0 Å². The molecule has 256 valence electrons. The fourth-order valence-corrected chi connectivity index (χ4v) is 8.25. The molecule has 0 fully saturated rings. The zero-order valence-corrected chi connectivity index (χ0v) is 29.3. The average molecular weight is 705 g/mol. The highest BCUT2D eigenvalue weighted by Gasteiger charge is 2.22. The highest BCUT2D eigenvalue weighted by atomic mass is 16.3. The van der Waals surface area contributed by atoms with E-state index in [-0.39, 0.29) is 0 Å². The maximum absolute atomic E-state index is 6.71. The Balaban J connectivity index is 1.17. The van der Waals surface area contributed by atoms with E-state index in [1.165, 1.54) is 21.5 Å². The molecule has 0 radical (unpaired) electrons. The Kier molecular flexibility index (Phi) is 6.24. The quantitative estimate of drug-likeness (QED) is 0.182. The molecule has 0 aliphatic heterocycles. The minimum atomic E-state index is 0.526. The van der Waals surface area contributed by atoms with Gasteiger partial charge in [0.25, 0.3) is 0 Å². The number of benzene rings is 8. The molecule has 0 saturated carbocycles. The lowest BCUT2D eigenvalue weighted by Gasteiger charge is -2.13. The summed E-state index contributed by atoms with van der Waals surface area (Å²) in [6, 6.07) is 58.7. The summed E-state index contributed by atoms with van der Waals surface area (Å²) in [5.74, 6) is 1.67. The number of furan rings is 2. The van der Waals surface area contributed by atoms with Crippen LogP contribution in [0.5, 0.6) is 0 Å². The first-order chi connectivity index (χ1) is 27.2. The van der Waals surface area contributed by atoms with Crippen LogP contribution in [0.15, 0.2) is 179 Å². The van der Waals surface area contributed by atoms with Crippen LogP contribution in [-0.4, -0.2) is 19.5 Å². The monoisotopic (exact) mass is 704 g/mol. The van der Waals surface area contributed by atoms with Crippen molar-refractivity contribution in [3.63, 3.8) is 0 Å². The summed E-state index contributed by atoms with van der Waals surface area (Å²) in [7, 11) is 0. The molecule has 4 heterocycles. The molecule has 0 atom stereocenters. The second-order valence-electron chi connectivity index (χ2n) is 14.0. The van der Waals surface area contributed by atoms with E-state index >= 15 is 0 Å². The van der Waals surface area contributed by atoms with Gasteiger partial charge in [0.1, 0.15) is 22.3 Å². The van der Waals surface area contributed by atoms with Gasteiger partial charge in [0.15, 0.2) is 17.5 Å². The summed E-state index contributed by atoms with van der Waals surface area (Å²) >= 11 is 0. The number of fused-ring (bicyclic) bond motifs is 10. The van der Waals surface area contributed by atoms with Crippen LogP contribution in [0.1, 0.15) is 0 Å². The van der Waals surface area contributed by atoms with E-state index in [1.54, 1.807) is 0 Å². The van der Waals surface area contributed by atoms with Crippen molar-refractivity contribution in [2.24, 2.45) is 0 Å². The molecule has 0 aliphatic carbocycles. The van der Waals surface area contributed by atoms with Gasteiger partial charge < -0.3 is 13.4 Å². The van der Waals surface area contributed by atoms with Crippen LogP contribution >= 0.6 is 0 Å². The number of hydrogen-bond acceptors (Lipinski definition) is 5. The zero-order chi connectivity index (χ0) is 36.0. The summed E-state index contributed by atoms with van der Waals surface area (Å²) in [5, 5.41) is 8.87. The van der Waals surface area contributed by atoms with Gasteiger partial charge in [-0.3, -0.25) is 0 Å². The van der Waals surface area contributed by atoms with Crippen molar-refractivity contribution < 1.29 is 8.83 Å². The highest BCUT2D eigenvalue weighted by Crippen LogP contribution is 2.41. The molecule has 12 rings (SSSR count). The average Bonchev–Trinajstić information content (AvgIpc) is 3.92. The molecule has 12 aromatic rings. The first kappa shape index (κ1) is 29.9. The number of rotatable bonds is 4. The largest absolute Gasteiger partial charge is 0.456 e. The van der Waals surface area contributed by atoms with Crippen molar-refractivity contribution in [2.75, 3.05) is 0 Å². The molecule has 6 nitrogen and oxygen atoms in total. The number of para-hydroxylation sites is 3. The lowest BCUT2D eigenvalue weighted by molar-refractivity contribution is 0.669. The van der Waals surface area contributed by atoms with Crippen LogP contribution in [0.3, 0.4) is 0 Å². The molecular formula is C49H28N4O2. The molecule has 0 amide bonds. The Bertz CT molecular complexity index is 3500. The highest BCUT2D eigenvalue weighted by molar-refractivity contribution is 6.15. The van der Waals surface area contributed by atoms with Crippen molar-refractivity contribution in [3.05, 3.63) is 170 Å². The van der Waals surface area contributed by atoms with Crippen molar-refractivity contribution in [3.8, 4) is 39.9 Å². The summed E-state index contributed by atoms with van der Waals surface area (Å²) in [6.07, 6.45) is 0. The van der Waals surface area contributed by atoms with Gasteiger partial charge in [-0.2, -0.15) is 0 Å². The smallest absolute Gasteiger partial charge is 0.167 e. The molecule has 0 bridgehead atoms. The molecule has 55 heavy (non-hydrogen) atoms. The second kappa shape index (κ2) is 11.5. The van der Waals surface area contributed by atoms with E-state index in [4.69, 9.17) is 23.8 Å². The molecule has 4 aromatic heterocycles. The van der Waals surface area contributed by atoms with Gasteiger partial charge in [-0.05, 0) is 71.4 Å². The Morgan fingerprint density at radius 3 is 1.80 bits per heavy atom. The first-order valence-corrected chi connectivity index (χ1v) is 18.3. The summed E-state index contributed by atoms with van der Waals surface area (Å²) in [4.78, 5) is 15.5. The molecular weight excluding hydrogens is 677 g/mol. The van der Waals surface area contributed by atoms with Crippen LogP contribution in [0.2, 0.25) is 0 Å². The van der Waals surface area contributed by atoms with Crippen LogP contribution in [0.25, 0.3) is 116 Å². The third kappa shape index (κ3) is 4.58. The fourth-order valence-electron chi connectivity index (χ4n) is 8.25. The Labute approximate surface area is 313 Å². The summed E-state index contributed by atoms with van der Waals surface area (Å²) in [6.45, 7) is 0. The minimum absolute atomic E-state index is 0.526. The Morgan fingerprint density at radius 1 is 0.364 bits per heavy atom. The van der Waals surface area contributed by atoms with E-state index in [9.17, 15) is 0 Å². The molecule has 0 spiro atoms. The van der Waals surface area contributed by atoms with E-state index in [2.05, 4.69) is 102 Å². The topological polar surface area (TPSA) is 69.9 Å². The zero-order valence-electron chi connectivity index (χ0n) is 29.3. The third-order valence-electron chi connectivity index (χ3n) is 10.8. The minimum Gasteiger partial charge on any atom is -0.456 e. The van der Waals surface area contributed by atoms with Crippen LogP contribution < -0.4 is 0 Å². The van der Waals surface area contributed by atoms with Gasteiger partial charge >= 0.3 is 0 Å². The maximum Gasteiger partial charge on any atom is 0.167 e. The molecule has 0 N–H and O–H groups in total. The van der Waals surface area contributed by atoms with E-state index < -0.39 is 0 Å². The number of aromatic nitrogens is 4. The van der Waals surface area contributed by atoms with Crippen molar-refractivity contribution in [1.29, 1.82) is 0 Å². The van der Waals surface area contributed by atoms with Gasteiger partial charge in [-0.15, -0.1) is 0 Å².